The highest BCUT2D eigenvalue weighted by molar-refractivity contribution is 6.38. The highest BCUT2D eigenvalue weighted by Crippen LogP contribution is 2.26. The maximum Gasteiger partial charge on any atom is 0.250 e. The van der Waals surface area contributed by atoms with E-state index < -0.39 is 5.91 Å². The van der Waals surface area contributed by atoms with Gasteiger partial charge in [-0.3, -0.25) is 4.79 Å². The van der Waals surface area contributed by atoms with Gasteiger partial charge in [0.1, 0.15) is 0 Å². The molecule has 0 saturated carbocycles. The molecule has 2 nitrogen and oxygen atoms in total. The molecule has 0 spiro atoms. The lowest BCUT2D eigenvalue weighted by atomic mass is 10.1. The molecular weight excluding hydrogens is 197 g/mol. The second kappa shape index (κ2) is 3.33. The summed E-state index contributed by atoms with van der Waals surface area (Å²) in [4.78, 5) is 10.8. The minimum absolute atomic E-state index is 0.304. The van der Waals surface area contributed by atoms with E-state index in [2.05, 4.69) is 0 Å². The molecule has 12 heavy (non-hydrogen) atoms. The molecule has 0 aromatic heterocycles. The lowest BCUT2D eigenvalue weighted by molar-refractivity contribution is 0.100. The summed E-state index contributed by atoms with van der Waals surface area (Å²) in [6, 6.07) is 3.11. The summed E-state index contributed by atoms with van der Waals surface area (Å²) < 4.78 is 0. The first-order valence-electron chi connectivity index (χ1n) is 3.28. The fraction of sp³-hybridized carbons (Fsp3) is 0.125. The van der Waals surface area contributed by atoms with Gasteiger partial charge in [-0.15, -0.1) is 0 Å². The monoisotopic (exact) mass is 203 g/mol. The summed E-state index contributed by atoms with van der Waals surface area (Å²) >= 11 is 11.6. The van der Waals surface area contributed by atoms with Crippen LogP contribution >= 0.6 is 23.2 Å². The van der Waals surface area contributed by atoms with Crippen LogP contribution in [0.15, 0.2) is 12.1 Å². The van der Waals surface area contributed by atoms with Crippen LogP contribution < -0.4 is 5.73 Å². The zero-order valence-electron chi connectivity index (χ0n) is 6.40. The Bertz CT molecular complexity index is 336. The maximum absolute atomic E-state index is 10.8. The lowest BCUT2D eigenvalue weighted by Crippen LogP contribution is -2.11. The van der Waals surface area contributed by atoms with Crippen molar-refractivity contribution in [1.29, 1.82) is 0 Å². The standard InChI is InChI=1S/C8H7Cl2NO/c1-4-6(9)3-2-5(7(4)10)8(11)12/h2-3H,1H3,(H2,11,12). The zero-order valence-corrected chi connectivity index (χ0v) is 7.91. The quantitative estimate of drug-likeness (QED) is 0.749. The number of hydrogen-bond acceptors (Lipinski definition) is 1. The fourth-order valence-corrected chi connectivity index (χ4v) is 1.32. The van der Waals surface area contributed by atoms with Gasteiger partial charge in [0.2, 0.25) is 5.91 Å². The molecule has 0 aliphatic heterocycles. The van der Waals surface area contributed by atoms with E-state index in [1.54, 1.807) is 13.0 Å². The highest BCUT2D eigenvalue weighted by Gasteiger charge is 2.10. The summed E-state index contributed by atoms with van der Waals surface area (Å²) in [5, 5.41) is 0.861. The van der Waals surface area contributed by atoms with Crippen LogP contribution in [-0.2, 0) is 0 Å². The average molecular weight is 204 g/mol. The summed E-state index contributed by atoms with van der Waals surface area (Å²) in [5.74, 6) is -0.542. The number of hydrogen-bond donors (Lipinski definition) is 1. The van der Waals surface area contributed by atoms with Gasteiger partial charge in [-0.2, -0.15) is 0 Å². The SMILES string of the molecule is Cc1c(Cl)ccc(C(N)=O)c1Cl. The molecule has 1 aromatic rings. The number of amides is 1. The normalized spacial score (nSPS) is 9.92. The molecule has 0 atom stereocenters. The molecule has 0 bridgehead atoms. The van der Waals surface area contributed by atoms with Crippen molar-refractivity contribution in [2.45, 2.75) is 6.92 Å². The van der Waals surface area contributed by atoms with E-state index >= 15 is 0 Å². The first-order valence-corrected chi connectivity index (χ1v) is 4.04. The number of primary amides is 1. The molecule has 0 saturated heterocycles. The van der Waals surface area contributed by atoms with Crippen molar-refractivity contribution >= 4 is 29.1 Å². The number of carbonyl (C=O) groups is 1. The van der Waals surface area contributed by atoms with Gasteiger partial charge in [0.25, 0.3) is 0 Å². The molecule has 0 radical (unpaired) electrons. The van der Waals surface area contributed by atoms with Crippen LogP contribution in [0, 0.1) is 6.92 Å². The molecule has 0 unspecified atom stereocenters. The van der Waals surface area contributed by atoms with Crippen LogP contribution in [0.3, 0.4) is 0 Å². The highest BCUT2D eigenvalue weighted by atomic mass is 35.5. The smallest absolute Gasteiger partial charge is 0.250 e. The molecule has 1 rings (SSSR count). The van der Waals surface area contributed by atoms with Crippen molar-refractivity contribution in [1.82, 2.24) is 0 Å². The Morgan fingerprint density at radius 3 is 2.50 bits per heavy atom. The van der Waals surface area contributed by atoms with Gasteiger partial charge in [-0.25, -0.2) is 0 Å². The Balaban J connectivity index is 3.36. The number of halogens is 2. The molecule has 0 heterocycles. The molecule has 64 valence electrons. The third-order valence-corrected chi connectivity index (χ3v) is 2.48. The first kappa shape index (κ1) is 9.36. The predicted molar refractivity (Wildman–Crippen MR) is 49.7 cm³/mol. The van der Waals surface area contributed by atoms with Crippen molar-refractivity contribution in [3.8, 4) is 0 Å². The predicted octanol–water partition coefficient (Wildman–Crippen LogP) is 2.40. The first-order chi connectivity index (χ1) is 5.54. The topological polar surface area (TPSA) is 43.1 Å². The van der Waals surface area contributed by atoms with E-state index in [0.29, 0.717) is 21.2 Å². The van der Waals surface area contributed by atoms with Crippen molar-refractivity contribution in [2.24, 2.45) is 5.73 Å². The Morgan fingerprint density at radius 1 is 1.42 bits per heavy atom. The summed E-state index contributed by atoms with van der Waals surface area (Å²) in [6.45, 7) is 1.73. The van der Waals surface area contributed by atoms with E-state index in [1.165, 1.54) is 6.07 Å². The van der Waals surface area contributed by atoms with Gasteiger partial charge in [0, 0.05) is 5.02 Å². The summed E-state index contributed by atoms with van der Waals surface area (Å²) in [6.07, 6.45) is 0. The van der Waals surface area contributed by atoms with Gasteiger partial charge in [0.15, 0.2) is 0 Å². The van der Waals surface area contributed by atoms with Crippen LogP contribution in [0.2, 0.25) is 10.0 Å². The third kappa shape index (κ3) is 1.54. The molecular formula is C8H7Cl2NO. The largest absolute Gasteiger partial charge is 0.366 e. The minimum atomic E-state index is -0.542. The molecule has 0 aliphatic carbocycles. The maximum atomic E-state index is 10.8. The van der Waals surface area contributed by atoms with E-state index in [-0.39, 0.29) is 0 Å². The van der Waals surface area contributed by atoms with Gasteiger partial charge < -0.3 is 5.73 Å². The minimum Gasteiger partial charge on any atom is -0.366 e. The fourth-order valence-electron chi connectivity index (χ4n) is 0.852. The summed E-state index contributed by atoms with van der Waals surface area (Å²) in [5.41, 5.74) is 6.05. The zero-order chi connectivity index (χ0) is 9.30. The van der Waals surface area contributed by atoms with E-state index in [4.69, 9.17) is 28.9 Å². The Morgan fingerprint density at radius 2 is 2.00 bits per heavy atom. The van der Waals surface area contributed by atoms with Crippen molar-refractivity contribution < 1.29 is 4.79 Å². The molecule has 1 amide bonds. The third-order valence-electron chi connectivity index (χ3n) is 1.59. The van der Waals surface area contributed by atoms with Gasteiger partial charge >= 0.3 is 0 Å². The van der Waals surface area contributed by atoms with Crippen LogP contribution in [-0.4, -0.2) is 5.91 Å². The van der Waals surface area contributed by atoms with E-state index in [0.717, 1.165) is 0 Å². The van der Waals surface area contributed by atoms with Crippen molar-refractivity contribution in [3.63, 3.8) is 0 Å². The van der Waals surface area contributed by atoms with Gasteiger partial charge in [0.05, 0.1) is 10.6 Å². The molecule has 0 aliphatic rings. The van der Waals surface area contributed by atoms with Crippen molar-refractivity contribution in [3.05, 3.63) is 33.3 Å². The number of benzene rings is 1. The van der Waals surface area contributed by atoms with Gasteiger partial charge in [-0.1, -0.05) is 23.2 Å². The van der Waals surface area contributed by atoms with Crippen LogP contribution in [0.5, 0.6) is 0 Å². The molecule has 4 heteroatoms. The Hall–Kier alpha value is -0.730. The average Bonchev–Trinajstić information content (AvgIpc) is 2.00. The lowest BCUT2D eigenvalue weighted by Gasteiger charge is -2.04. The number of rotatable bonds is 1. The van der Waals surface area contributed by atoms with Crippen LogP contribution in [0.4, 0.5) is 0 Å². The Kier molecular flexibility index (Phi) is 2.60. The Labute approximate surface area is 80.3 Å². The van der Waals surface area contributed by atoms with Crippen LogP contribution in [0.25, 0.3) is 0 Å². The van der Waals surface area contributed by atoms with Crippen molar-refractivity contribution in [2.75, 3.05) is 0 Å². The van der Waals surface area contributed by atoms with Crippen LogP contribution in [0.1, 0.15) is 15.9 Å². The second-order valence-corrected chi connectivity index (χ2v) is 3.18. The van der Waals surface area contributed by atoms with E-state index in [9.17, 15) is 4.79 Å². The second-order valence-electron chi connectivity index (χ2n) is 2.40. The summed E-state index contributed by atoms with van der Waals surface area (Å²) in [7, 11) is 0. The molecule has 2 N–H and O–H groups in total. The number of carbonyl (C=O) groups excluding carboxylic acids is 1. The molecule has 0 fully saturated rings. The molecule has 1 aromatic carbocycles. The van der Waals surface area contributed by atoms with E-state index in [1.807, 2.05) is 0 Å². The number of nitrogens with two attached hydrogens (primary N) is 1. The van der Waals surface area contributed by atoms with Gasteiger partial charge in [-0.05, 0) is 24.6 Å².